The fourth-order valence-electron chi connectivity index (χ4n) is 0.388. The number of carbonyl (C=O) groups excluding carboxylic acids is 1. The Balaban J connectivity index is 3.31. The van der Waals surface area contributed by atoms with Crippen molar-refractivity contribution in [3.8, 4) is 0 Å². The van der Waals surface area contributed by atoms with E-state index < -0.39 is 0 Å². The lowest BCUT2D eigenvalue weighted by atomic mass is 10.5. The number of carbonyl (C=O) groups is 1. The van der Waals surface area contributed by atoms with E-state index in [9.17, 15) is 4.79 Å². The van der Waals surface area contributed by atoms with Crippen molar-refractivity contribution in [2.45, 2.75) is 12.5 Å². The topological polar surface area (TPSA) is 26.3 Å². The van der Waals surface area contributed by atoms with Gasteiger partial charge >= 0.3 is 5.97 Å². The lowest BCUT2D eigenvalue weighted by Crippen LogP contribution is -2.04. The van der Waals surface area contributed by atoms with Gasteiger partial charge in [-0.05, 0) is 29.0 Å². The maximum absolute atomic E-state index is 10.7. The summed E-state index contributed by atoms with van der Waals surface area (Å²) in [6.45, 7) is 4.00. The van der Waals surface area contributed by atoms with Crippen molar-refractivity contribution in [3.05, 3.63) is 10.2 Å². The van der Waals surface area contributed by atoms with Crippen molar-refractivity contribution >= 4 is 38.8 Å². The molecule has 4 heteroatoms. The van der Waals surface area contributed by atoms with Crippen LogP contribution >= 0.6 is 22.6 Å². The fourth-order valence-corrected chi connectivity index (χ4v) is 0.832. The fraction of sp³-hybridized carbons (Fsp3) is 0.500. The second-order valence-electron chi connectivity index (χ2n) is 1.89. The van der Waals surface area contributed by atoms with Crippen LogP contribution in [-0.2, 0) is 9.53 Å². The van der Waals surface area contributed by atoms with E-state index in [4.69, 9.17) is 4.74 Å². The van der Waals surface area contributed by atoms with Gasteiger partial charge in [0.2, 0.25) is 0 Å². The van der Waals surface area contributed by atoms with Crippen LogP contribution in [0, 0.1) is 0 Å². The van der Waals surface area contributed by atoms with Crippen molar-refractivity contribution in [2.75, 3.05) is 6.61 Å². The minimum absolute atomic E-state index is 0.282. The molecule has 0 radical (unpaired) electrons. The van der Waals surface area contributed by atoms with Gasteiger partial charge in [-0.1, -0.05) is 12.6 Å². The van der Waals surface area contributed by atoms with E-state index in [1.807, 2.05) is 22.6 Å². The summed E-state index contributed by atoms with van der Waals surface area (Å²) in [5.74, 6) is -0.282. The molecule has 2 nitrogen and oxygen atoms in total. The van der Waals surface area contributed by atoms with E-state index in [0.29, 0.717) is 10.2 Å². The lowest BCUT2D eigenvalue weighted by Gasteiger charge is -2.00. The Hall–Kier alpha value is 0.157. The SMILES string of the molecule is C=C(I)C(=O)OCCC[SiH3]. The number of rotatable bonds is 4. The van der Waals surface area contributed by atoms with Crippen LogP contribution in [0.3, 0.4) is 0 Å². The summed E-state index contributed by atoms with van der Waals surface area (Å²) in [5.41, 5.74) is 0. The summed E-state index contributed by atoms with van der Waals surface area (Å²) in [5, 5.41) is 0. The first kappa shape index (κ1) is 10.2. The highest BCUT2D eigenvalue weighted by Gasteiger charge is 2.02. The van der Waals surface area contributed by atoms with Crippen LogP contribution in [0.2, 0.25) is 6.04 Å². The van der Waals surface area contributed by atoms with E-state index in [-0.39, 0.29) is 5.97 Å². The molecule has 0 saturated heterocycles. The van der Waals surface area contributed by atoms with Crippen molar-refractivity contribution in [3.63, 3.8) is 0 Å². The Morgan fingerprint density at radius 1 is 1.70 bits per heavy atom. The summed E-state index contributed by atoms with van der Waals surface area (Å²) < 4.78 is 5.27. The third-order valence-corrected chi connectivity index (χ3v) is 2.10. The van der Waals surface area contributed by atoms with Gasteiger partial charge < -0.3 is 4.74 Å². The molecule has 0 fully saturated rings. The first-order valence-electron chi connectivity index (χ1n) is 3.20. The number of halogens is 1. The van der Waals surface area contributed by atoms with Crippen LogP contribution in [-0.4, -0.2) is 22.8 Å². The summed E-state index contributed by atoms with van der Waals surface area (Å²) in [6.07, 6.45) is 0.988. The average molecular weight is 270 g/mol. The minimum Gasteiger partial charge on any atom is -0.462 e. The average Bonchev–Trinajstić information content (AvgIpc) is 1.88. The predicted molar refractivity (Wildman–Crippen MR) is 53.5 cm³/mol. The van der Waals surface area contributed by atoms with E-state index in [1.54, 1.807) is 0 Å². The van der Waals surface area contributed by atoms with Gasteiger partial charge in [-0.2, -0.15) is 0 Å². The number of ether oxygens (including phenoxy) is 1. The molecule has 0 aliphatic rings. The van der Waals surface area contributed by atoms with Gasteiger partial charge in [0.1, 0.15) is 0 Å². The van der Waals surface area contributed by atoms with Gasteiger partial charge in [0.15, 0.2) is 0 Å². The Labute approximate surface area is 77.6 Å². The Morgan fingerprint density at radius 2 is 2.30 bits per heavy atom. The second kappa shape index (κ2) is 5.91. The second-order valence-corrected chi connectivity index (χ2v) is 4.20. The molecular weight excluding hydrogens is 259 g/mol. The van der Waals surface area contributed by atoms with Crippen LogP contribution in [0.4, 0.5) is 0 Å². The summed E-state index contributed by atoms with van der Waals surface area (Å²) in [6, 6.07) is 1.18. The molecule has 0 unspecified atom stereocenters. The van der Waals surface area contributed by atoms with Crippen LogP contribution in [0.5, 0.6) is 0 Å². The first-order chi connectivity index (χ1) is 4.68. The van der Waals surface area contributed by atoms with E-state index >= 15 is 0 Å². The van der Waals surface area contributed by atoms with Crippen LogP contribution in [0.25, 0.3) is 0 Å². The molecule has 0 N–H and O–H groups in total. The third-order valence-electron chi connectivity index (χ3n) is 0.953. The molecule has 0 aromatic rings. The van der Waals surface area contributed by atoms with Crippen molar-refractivity contribution in [2.24, 2.45) is 0 Å². The van der Waals surface area contributed by atoms with Gasteiger partial charge in [-0.15, -0.1) is 0 Å². The molecule has 0 aromatic carbocycles. The first-order valence-corrected chi connectivity index (χ1v) is 5.69. The van der Waals surface area contributed by atoms with Crippen molar-refractivity contribution in [1.82, 2.24) is 0 Å². The monoisotopic (exact) mass is 270 g/mol. The van der Waals surface area contributed by atoms with Gasteiger partial charge in [0.25, 0.3) is 0 Å². The summed E-state index contributed by atoms with van der Waals surface area (Å²) in [4.78, 5) is 10.7. The zero-order valence-electron chi connectivity index (χ0n) is 6.02. The number of hydrogen-bond donors (Lipinski definition) is 0. The van der Waals surface area contributed by atoms with Crippen LogP contribution in [0.15, 0.2) is 10.2 Å². The highest BCUT2D eigenvalue weighted by atomic mass is 127. The molecule has 0 aliphatic heterocycles. The van der Waals surface area contributed by atoms with Crippen LogP contribution < -0.4 is 0 Å². The summed E-state index contributed by atoms with van der Waals surface area (Å²) in [7, 11) is 1.18. The van der Waals surface area contributed by atoms with E-state index in [2.05, 4.69) is 6.58 Å². The minimum atomic E-state index is -0.282. The molecule has 0 atom stereocenters. The molecule has 0 bridgehead atoms. The van der Waals surface area contributed by atoms with E-state index in [1.165, 1.54) is 16.3 Å². The van der Waals surface area contributed by atoms with Gasteiger partial charge in [0.05, 0.1) is 10.2 Å². The Kier molecular flexibility index (Phi) is 6.00. The van der Waals surface area contributed by atoms with Crippen LogP contribution in [0.1, 0.15) is 6.42 Å². The maximum Gasteiger partial charge on any atom is 0.343 e. The molecule has 0 aromatic heterocycles. The standard InChI is InChI=1S/C6H11IO2Si/c1-5(7)6(8)9-3-2-4-10/h1-4H2,10H3. The molecule has 0 amide bonds. The maximum atomic E-state index is 10.7. The molecule has 0 heterocycles. The van der Waals surface area contributed by atoms with Crippen molar-refractivity contribution < 1.29 is 9.53 Å². The highest BCUT2D eigenvalue weighted by molar-refractivity contribution is 14.1. The highest BCUT2D eigenvalue weighted by Crippen LogP contribution is 2.04. The quantitative estimate of drug-likeness (QED) is 0.246. The number of esters is 1. The van der Waals surface area contributed by atoms with Crippen molar-refractivity contribution in [1.29, 1.82) is 0 Å². The van der Waals surface area contributed by atoms with E-state index in [0.717, 1.165) is 6.42 Å². The molecule has 0 spiro atoms. The molecule has 10 heavy (non-hydrogen) atoms. The van der Waals surface area contributed by atoms with Gasteiger partial charge in [0, 0.05) is 10.2 Å². The lowest BCUT2D eigenvalue weighted by molar-refractivity contribution is -0.137. The molecule has 0 rings (SSSR count). The van der Waals surface area contributed by atoms with Gasteiger partial charge in [-0.25, -0.2) is 4.79 Å². The zero-order chi connectivity index (χ0) is 7.98. The largest absolute Gasteiger partial charge is 0.462 e. The van der Waals surface area contributed by atoms with Gasteiger partial charge in [-0.3, -0.25) is 0 Å². The molecule has 0 saturated carbocycles. The normalized spacial score (nSPS) is 9.30. The number of hydrogen-bond acceptors (Lipinski definition) is 2. The Morgan fingerprint density at radius 3 is 2.70 bits per heavy atom. The molecule has 0 aliphatic carbocycles. The third kappa shape index (κ3) is 4.98. The Bertz CT molecular complexity index is 136. The summed E-state index contributed by atoms with van der Waals surface area (Å²) >= 11 is 1.86. The molecule has 58 valence electrons. The zero-order valence-corrected chi connectivity index (χ0v) is 10.2. The molecular formula is C6H11IO2Si. The smallest absolute Gasteiger partial charge is 0.343 e. The predicted octanol–water partition coefficient (Wildman–Crippen LogP) is 0.652.